The Balaban J connectivity index is 3.21. The molecule has 1 aromatic rings. The molecule has 0 saturated heterocycles. The molecule has 0 bridgehead atoms. The molecule has 1 N–H and O–H groups in total. The summed E-state index contributed by atoms with van der Waals surface area (Å²) in [6.45, 7) is 8.81. The normalized spacial score (nSPS) is 13.8. The van der Waals surface area contributed by atoms with Gasteiger partial charge in [0, 0.05) is 0 Å². The summed E-state index contributed by atoms with van der Waals surface area (Å²) in [5, 5.41) is 0.852. The third-order valence-electron chi connectivity index (χ3n) is 4.58. The SMILES string of the molecule is CC(C)(C)[Si](C)(C)OC(=O)c1ccccc1NC(=O)C(F)(F)C(F)(F)C(F)(F)F. The van der Waals surface area contributed by atoms with Crippen molar-refractivity contribution in [1.29, 1.82) is 0 Å². The molecule has 0 aliphatic heterocycles. The molecule has 4 nitrogen and oxygen atoms in total. The van der Waals surface area contributed by atoms with Crippen LogP contribution >= 0.6 is 0 Å². The molecule has 12 heteroatoms. The molecule has 0 aliphatic rings. The summed E-state index contributed by atoms with van der Waals surface area (Å²) in [6, 6.07) is 4.41. The molecule has 0 radical (unpaired) electrons. The largest absolute Gasteiger partial charge is 0.516 e. The topological polar surface area (TPSA) is 55.4 Å². The molecule has 0 fully saturated rings. The minimum absolute atomic E-state index is 0.428. The van der Waals surface area contributed by atoms with Crippen LogP contribution in [0.1, 0.15) is 31.1 Å². The van der Waals surface area contributed by atoms with E-state index in [0.717, 1.165) is 12.1 Å². The number of hydrogen-bond donors (Lipinski definition) is 1. The van der Waals surface area contributed by atoms with Gasteiger partial charge in [-0.1, -0.05) is 32.9 Å². The number of halogens is 7. The second kappa shape index (κ2) is 7.61. The Labute approximate surface area is 163 Å². The van der Waals surface area contributed by atoms with Crippen molar-refractivity contribution >= 4 is 25.9 Å². The van der Waals surface area contributed by atoms with Crippen LogP contribution in [0, 0.1) is 0 Å². The van der Waals surface area contributed by atoms with Gasteiger partial charge in [0.1, 0.15) is 0 Å². The van der Waals surface area contributed by atoms with E-state index in [1.807, 2.05) is 0 Å². The smallest absolute Gasteiger partial charge is 0.460 e. The van der Waals surface area contributed by atoms with Crippen LogP contribution in [0.5, 0.6) is 0 Å². The lowest BCUT2D eigenvalue weighted by Crippen LogP contribution is -2.57. The Morgan fingerprint density at radius 2 is 1.41 bits per heavy atom. The van der Waals surface area contributed by atoms with E-state index >= 15 is 0 Å². The Bertz CT molecular complexity index is 786. The molecule has 0 aromatic heterocycles. The number of carbonyl (C=O) groups excluding carboxylic acids is 2. The van der Waals surface area contributed by atoms with Gasteiger partial charge in [0.25, 0.3) is 8.32 Å². The van der Waals surface area contributed by atoms with Gasteiger partial charge in [-0.05, 0) is 30.3 Å². The maximum Gasteiger partial charge on any atom is 0.460 e. The van der Waals surface area contributed by atoms with Crippen molar-refractivity contribution in [2.45, 2.75) is 56.9 Å². The van der Waals surface area contributed by atoms with Crippen LogP contribution < -0.4 is 5.32 Å². The lowest BCUT2D eigenvalue weighted by Gasteiger charge is -2.35. The van der Waals surface area contributed by atoms with Crippen molar-refractivity contribution in [1.82, 2.24) is 0 Å². The molecule has 164 valence electrons. The van der Waals surface area contributed by atoms with Crippen molar-refractivity contribution in [3.63, 3.8) is 0 Å². The van der Waals surface area contributed by atoms with Crippen molar-refractivity contribution in [2.75, 3.05) is 5.32 Å². The molecule has 0 atom stereocenters. The van der Waals surface area contributed by atoms with Gasteiger partial charge in [-0.3, -0.25) is 4.79 Å². The second-order valence-corrected chi connectivity index (χ2v) is 12.5. The van der Waals surface area contributed by atoms with E-state index in [1.54, 1.807) is 33.9 Å². The van der Waals surface area contributed by atoms with Crippen LogP contribution in [-0.2, 0) is 9.22 Å². The summed E-state index contributed by atoms with van der Waals surface area (Å²) in [6.07, 6.45) is -6.66. The van der Waals surface area contributed by atoms with Gasteiger partial charge in [0.05, 0.1) is 11.3 Å². The van der Waals surface area contributed by atoms with Crippen molar-refractivity contribution in [2.24, 2.45) is 0 Å². The summed E-state index contributed by atoms with van der Waals surface area (Å²) >= 11 is 0. The number of hydrogen-bond acceptors (Lipinski definition) is 3. The van der Waals surface area contributed by atoms with E-state index in [-0.39, 0.29) is 0 Å². The highest BCUT2D eigenvalue weighted by Gasteiger charge is 2.76. The fraction of sp³-hybridized carbons (Fsp3) is 0.529. The van der Waals surface area contributed by atoms with Gasteiger partial charge in [-0.2, -0.15) is 30.7 Å². The molecule has 29 heavy (non-hydrogen) atoms. The fourth-order valence-corrected chi connectivity index (χ4v) is 2.61. The monoisotopic (exact) mass is 447 g/mol. The average Bonchev–Trinajstić information content (AvgIpc) is 2.52. The molecule has 1 rings (SSSR count). The van der Waals surface area contributed by atoms with E-state index in [9.17, 15) is 40.3 Å². The van der Waals surface area contributed by atoms with E-state index in [4.69, 9.17) is 4.43 Å². The Hall–Kier alpha value is -2.11. The number of amides is 1. The van der Waals surface area contributed by atoms with Crippen LogP contribution in [-0.4, -0.2) is 38.2 Å². The molecule has 0 spiro atoms. The van der Waals surface area contributed by atoms with Crippen LogP contribution in [0.2, 0.25) is 18.1 Å². The van der Waals surface area contributed by atoms with E-state index < -0.39 is 54.5 Å². The quantitative estimate of drug-likeness (QED) is 0.471. The van der Waals surface area contributed by atoms with Crippen molar-refractivity contribution in [3.8, 4) is 0 Å². The standard InChI is InChI=1S/C17H20F7NO3Si/c1-14(2,3)29(4,5)28-12(26)10-8-6-7-9-11(10)25-13(27)15(18,19)16(20,21)17(22,23)24/h6-9H,1-5H3,(H,25,27). The first-order valence-corrected chi connectivity index (χ1v) is 11.1. The Morgan fingerprint density at radius 3 is 1.86 bits per heavy atom. The molecule has 0 saturated carbocycles. The molecule has 1 aromatic carbocycles. The highest BCUT2D eigenvalue weighted by Crippen LogP contribution is 2.47. The summed E-state index contributed by atoms with van der Waals surface area (Å²) in [7, 11) is -2.68. The summed E-state index contributed by atoms with van der Waals surface area (Å²) in [5.74, 6) is -16.7. The van der Waals surface area contributed by atoms with Gasteiger partial charge >= 0.3 is 29.9 Å². The van der Waals surface area contributed by atoms with Gasteiger partial charge in [-0.25, -0.2) is 4.79 Å². The minimum Gasteiger partial charge on any atom is -0.516 e. The van der Waals surface area contributed by atoms with Gasteiger partial charge in [0.2, 0.25) is 0 Å². The third-order valence-corrected chi connectivity index (χ3v) is 8.89. The lowest BCUT2D eigenvalue weighted by molar-refractivity contribution is -0.343. The minimum atomic E-state index is -6.66. The predicted octanol–water partition coefficient (Wildman–Crippen LogP) is 5.62. The Morgan fingerprint density at radius 1 is 0.931 bits per heavy atom. The van der Waals surface area contributed by atoms with Gasteiger partial charge in [0.15, 0.2) is 0 Å². The summed E-state index contributed by atoms with van der Waals surface area (Å²) < 4.78 is 95.4. The van der Waals surface area contributed by atoms with E-state index in [0.29, 0.717) is 0 Å². The molecule has 0 unspecified atom stereocenters. The zero-order valence-corrected chi connectivity index (χ0v) is 17.2. The first-order valence-electron chi connectivity index (χ1n) is 8.22. The van der Waals surface area contributed by atoms with Crippen LogP contribution in [0.3, 0.4) is 0 Å². The highest BCUT2D eigenvalue weighted by molar-refractivity contribution is 6.75. The Kier molecular flexibility index (Phi) is 6.54. The number of benzene rings is 1. The molecule has 0 aliphatic carbocycles. The third kappa shape index (κ3) is 4.90. The van der Waals surface area contributed by atoms with Crippen LogP contribution in [0.4, 0.5) is 36.4 Å². The molecule has 1 amide bonds. The molecule has 0 heterocycles. The van der Waals surface area contributed by atoms with Crippen LogP contribution in [0.15, 0.2) is 24.3 Å². The van der Waals surface area contributed by atoms with Gasteiger partial charge in [-0.15, -0.1) is 0 Å². The maximum atomic E-state index is 13.5. The molecular weight excluding hydrogens is 427 g/mol. The first-order chi connectivity index (χ1) is 12.8. The van der Waals surface area contributed by atoms with E-state index in [1.165, 1.54) is 17.4 Å². The molecular formula is C17H20F7NO3Si. The summed E-state index contributed by atoms with van der Waals surface area (Å²) in [4.78, 5) is 24.0. The number of carbonyl (C=O) groups is 2. The zero-order chi connectivity index (χ0) is 23.1. The van der Waals surface area contributed by atoms with E-state index in [2.05, 4.69) is 0 Å². The fourth-order valence-electron chi connectivity index (χ4n) is 1.73. The van der Waals surface area contributed by atoms with Crippen molar-refractivity contribution < 1.29 is 44.7 Å². The highest BCUT2D eigenvalue weighted by atomic mass is 28.4. The number of rotatable bonds is 5. The second-order valence-electron chi connectivity index (χ2n) is 7.80. The number of alkyl halides is 7. The summed E-state index contributed by atoms with van der Waals surface area (Å²) in [5.41, 5.74) is -1.14. The first kappa shape index (κ1) is 24.9. The number of para-hydroxylation sites is 1. The lowest BCUT2D eigenvalue weighted by atomic mass is 10.1. The van der Waals surface area contributed by atoms with Crippen molar-refractivity contribution in [3.05, 3.63) is 29.8 Å². The van der Waals surface area contributed by atoms with Crippen LogP contribution in [0.25, 0.3) is 0 Å². The van der Waals surface area contributed by atoms with Gasteiger partial charge < -0.3 is 9.74 Å². The average molecular weight is 447 g/mol. The number of nitrogens with one attached hydrogen (secondary N) is 1. The zero-order valence-electron chi connectivity index (χ0n) is 16.2. The predicted molar refractivity (Wildman–Crippen MR) is 93.6 cm³/mol. The number of anilines is 1. The maximum absolute atomic E-state index is 13.5.